The van der Waals surface area contributed by atoms with Gasteiger partial charge in [0, 0.05) is 5.56 Å². The number of methoxy groups -OCH3 is 1. The Labute approximate surface area is 226 Å². The maximum atomic E-state index is 13.6. The lowest BCUT2D eigenvalue weighted by atomic mass is 9.85. The van der Waals surface area contributed by atoms with Crippen LogP contribution in [-0.4, -0.2) is 28.9 Å². The highest BCUT2D eigenvalue weighted by molar-refractivity contribution is 7.22. The van der Waals surface area contributed by atoms with E-state index in [9.17, 15) is 14.7 Å². The summed E-state index contributed by atoms with van der Waals surface area (Å²) in [6.07, 6.45) is 0. The van der Waals surface area contributed by atoms with E-state index in [0.717, 1.165) is 32.5 Å². The third-order valence-corrected chi connectivity index (χ3v) is 7.93. The van der Waals surface area contributed by atoms with Gasteiger partial charge in [-0.3, -0.25) is 14.5 Å². The van der Waals surface area contributed by atoms with Crippen molar-refractivity contribution in [1.29, 1.82) is 0 Å². The van der Waals surface area contributed by atoms with Gasteiger partial charge in [-0.05, 0) is 71.8 Å². The van der Waals surface area contributed by atoms with Crippen molar-refractivity contribution in [1.82, 2.24) is 4.98 Å². The minimum Gasteiger partial charge on any atom is -0.507 e. The average molecular weight is 527 g/mol. The van der Waals surface area contributed by atoms with Gasteiger partial charge in [-0.15, -0.1) is 0 Å². The summed E-state index contributed by atoms with van der Waals surface area (Å²) >= 11 is 1.37. The first-order chi connectivity index (χ1) is 18.0. The molecule has 0 bridgehead atoms. The molecule has 3 aromatic carbocycles. The number of anilines is 1. The maximum Gasteiger partial charge on any atom is 0.301 e. The van der Waals surface area contributed by atoms with Gasteiger partial charge in [0.25, 0.3) is 5.78 Å². The zero-order valence-electron chi connectivity index (χ0n) is 22.3. The van der Waals surface area contributed by atoms with E-state index in [0.29, 0.717) is 16.4 Å². The van der Waals surface area contributed by atoms with Crippen LogP contribution in [0, 0.1) is 13.8 Å². The first-order valence-electron chi connectivity index (χ1n) is 12.4. The molecular formula is C31H30N2O4S. The third kappa shape index (κ3) is 4.37. The van der Waals surface area contributed by atoms with Crippen molar-refractivity contribution in [2.24, 2.45) is 0 Å². The number of aryl methyl sites for hydroxylation is 2. The van der Waals surface area contributed by atoms with Crippen molar-refractivity contribution < 1.29 is 19.4 Å². The summed E-state index contributed by atoms with van der Waals surface area (Å²) in [6, 6.07) is 17.9. The number of carbonyl (C=O) groups is 2. The van der Waals surface area contributed by atoms with Gasteiger partial charge < -0.3 is 9.84 Å². The molecule has 7 heteroatoms. The van der Waals surface area contributed by atoms with Crippen molar-refractivity contribution in [2.75, 3.05) is 12.0 Å². The normalized spacial score (nSPS) is 17.4. The molecule has 1 unspecified atom stereocenters. The first-order valence-corrected chi connectivity index (χ1v) is 13.2. The lowest BCUT2D eigenvalue weighted by molar-refractivity contribution is -0.132. The average Bonchev–Trinajstić information content (AvgIpc) is 3.42. The number of nitrogens with zero attached hydrogens (tertiary/aromatic N) is 2. The molecule has 1 fully saturated rings. The smallest absolute Gasteiger partial charge is 0.301 e. The largest absolute Gasteiger partial charge is 0.507 e. The highest BCUT2D eigenvalue weighted by Crippen LogP contribution is 2.45. The molecule has 4 aromatic rings. The highest BCUT2D eigenvalue weighted by atomic mass is 32.1. The minimum atomic E-state index is -0.826. The SMILES string of the molecule is COc1ccc(C(O)=C2C(=O)C(=O)N(c3nc4c(C)cc(C)cc4s3)C2c2ccc(C(C)(C)C)cc2)cc1. The van der Waals surface area contributed by atoms with Crippen LogP contribution >= 0.6 is 11.3 Å². The molecule has 5 rings (SSSR count). The van der Waals surface area contributed by atoms with E-state index in [2.05, 4.69) is 20.8 Å². The zero-order valence-corrected chi connectivity index (χ0v) is 23.1. The molecule has 38 heavy (non-hydrogen) atoms. The molecule has 1 amide bonds. The molecule has 0 saturated carbocycles. The number of aliphatic hydroxyl groups is 1. The molecule has 1 aliphatic rings. The van der Waals surface area contributed by atoms with E-state index in [1.807, 2.05) is 50.2 Å². The Hall–Kier alpha value is -3.97. The lowest BCUT2D eigenvalue weighted by Gasteiger charge is -2.24. The summed E-state index contributed by atoms with van der Waals surface area (Å²) in [5.74, 6) is -1.06. The Morgan fingerprint density at radius 3 is 2.26 bits per heavy atom. The Balaban J connectivity index is 1.72. The van der Waals surface area contributed by atoms with E-state index in [4.69, 9.17) is 9.72 Å². The van der Waals surface area contributed by atoms with Gasteiger partial charge in [-0.2, -0.15) is 0 Å². The first kappa shape index (κ1) is 25.7. The highest BCUT2D eigenvalue weighted by Gasteiger charge is 2.48. The van der Waals surface area contributed by atoms with Crippen LogP contribution in [0.3, 0.4) is 0 Å². The number of hydrogen-bond acceptors (Lipinski definition) is 6. The third-order valence-electron chi connectivity index (χ3n) is 6.92. The van der Waals surface area contributed by atoms with E-state index < -0.39 is 17.7 Å². The number of thiazole rings is 1. The number of hydrogen-bond donors (Lipinski definition) is 1. The summed E-state index contributed by atoms with van der Waals surface area (Å²) in [5, 5.41) is 11.8. The summed E-state index contributed by atoms with van der Waals surface area (Å²) in [7, 11) is 1.56. The molecule has 1 saturated heterocycles. The van der Waals surface area contributed by atoms with Gasteiger partial charge in [-0.25, -0.2) is 4.98 Å². The number of aromatic nitrogens is 1. The molecule has 0 radical (unpaired) electrons. The minimum absolute atomic E-state index is 0.0378. The van der Waals surface area contributed by atoms with Crippen LogP contribution in [0.4, 0.5) is 5.13 Å². The second-order valence-corrected chi connectivity index (χ2v) is 11.7. The van der Waals surface area contributed by atoms with E-state index in [1.54, 1.807) is 31.4 Å². The number of amides is 1. The Morgan fingerprint density at radius 2 is 1.66 bits per heavy atom. The molecular weight excluding hydrogens is 496 g/mol. The number of benzene rings is 3. The number of ketones is 1. The van der Waals surface area contributed by atoms with Crippen LogP contribution in [0.5, 0.6) is 5.75 Å². The number of carbonyl (C=O) groups excluding carboxylic acids is 2. The van der Waals surface area contributed by atoms with Crippen molar-refractivity contribution in [3.63, 3.8) is 0 Å². The van der Waals surface area contributed by atoms with E-state index >= 15 is 0 Å². The molecule has 1 atom stereocenters. The van der Waals surface area contributed by atoms with Crippen LogP contribution in [0.2, 0.25) is 0 Å². The van der Waals surface area contributed by atoms with Gasteiger partial charge in [0.05, 0.1) is 28.9 Å². The summed E-state index contributed by atoms with van der Waals surface area (Å²) in [5.41, 5.74) is 5.15. The van der Waals surface area contributed by atoms with Gasteiger partial charge in [0.1, 0.15) is 11.5 Å². The van der Waals surface area contributed by atoms with Crippen LogP contribution in [0.15, 0.2) is 66.2 Å². The predicted molar refractivity (Wildman–Crippen MR) is 152 cm³/mol. The number of Topliss-reactive ketones (excluding diaryl/α,β-unsaturated/α-hetero) is 1. The van der Waals surface area contributed by atoms with Crippen LogP contribution in [0.25, 0.3) is 16.0 Å². The predicted octanol–water partition coefficient (Wildman–Crippen LogP) is 6.85. The molecule has 1 aromatic heterocycles. The fourth-order valence-corrected chi connectivity index (χ4v) is 6.05. The molecule has 0 spiro atoms. The topological polar surface area (TPSA) is 79.7 Å². The summed E-state index contributed by atoms with van der Waals surface area (Å²) < 4.78 is 6.17. The number of fused-ring (bicyclic) bond motifs is 1. The summed E-state index contributed by atoms with van der Waals surface area (Å²) in [4.78, 5) is 33.3. The Kier molecular flexibility index (Phi) is 6.35. The van der Waals surface area contributed by atoms with Crippen LogP contribution in [-0.2, 0) is 15.0 Å². The number of aliphatic hydroxyl groups excluding tert-OH is 1. The molecule has 6 nitrogen and oxygen atoms in total. The van der Waals surface area contributed by atoms with E-state index in [1.165, 1.54) is 16.2 Å². The van der Waals surface area contributed by atoms with Crippen molar-refractivity contribution in [2.45, 2.75) is 46.1 Å². The zero-order chi connectivity index (χ0) is 27.4. The molecule has 194 valence electrons. The second kappa shape index (κ2) is 9.40. The lowest BCUT2D eigenvalue weighted by Crippen LogP contribution is -2.29. The van der Waals surface area contributed by atoms with Crippen LogP contribution < -0.4 is 9.64 Å². The quantitative estimate of drug-likeness (QED) is 0.179. The fraction of sp³-hybridized carbons (Fsp3) is 0.258. The standard InChI is InChI=1S/C31H30N2O4S/c1-17-15-18(2)25-23(16-17)38-30(32-25)33-26(19-7-11-21(12-8-19)31(3,4)5)24(28(35)29(33)36)27(34)20-9-13-22(37-6)14-10-20/h7-16,26,34H,1-6H3. The van der Waals surface area contributed by atoms with Crippen molar-refractivity contribution in [3.05, 3.63) is 94.1 Å². The van der Waals surface area contributed by atoms with Gasteiger partial charge >= 0.3 is 5.91 Å². The number of rotatable bonds is 4. The van der Waals surface area contributed by atoms with Gasteiger partial charge in [0.2, 0.25) is 0 Å². The number of ether oxygens (including phenoxy) is 1. The second-order valence-electron chi connectivity index (χ2n) is 10.7. The van der Waals surface area contributed by atoms with Crippen molar-refractivity contribution in [3.8, 4) is 5.75 Å². The molecule has 1 N–H and O–H groups in total. The van der Waals surface area contributed by atoms with Crippen molar-refractivity contribution >= 4 is 44.1 Å². The van der Waals surface area contributed by atoms with Gasteiger partial charge in [-0.1, -0.05) is 62.4 Å². The molecule has 2 heterocycles. The fourth-order valence-electron chi connectivity index (χ4n) is 4.88. The Morgan fingerprint density at radius 1 is 1.00 bits per heavy atom. The molecule has 1 aliphatic heterocycles. The Bertz CT molecular complexity index is 1590. The molecule has 0 aliphatic carbocycles. The monoisotopic (exact) mass is 526 g/mol. The summed E-state index contributed by atoms with van der Waals surface area (Å²) in [6.45, 7) is 10.4. The maximum absolute atomic E-state index is 13.6. The van der Waals surface area contributed by atoms with Gasteiger partial charge in [0.15, 0.2) is 5.13 Å². The van der Waals surface area contributed by atoms with Crippen LogP contribution in [0.1, 0.15) is 54.6 Å². The van der Waals surface area contributed by atoms with E-state index in [-0.39, 0.29) is 16.7 Å².